The minimum Gasteiger partial charge on any atom is -0.0654 e. The van der Waals surface area contributed by atoms with E-state index in [1.807, 2.05) is 0 Å². The molecule has 2 aliphatic carbocycles. The Hall–Kier alpha value is -1.04. The van der Waals surface area contributed by atoms with Gasteiger partial charge in [-0.25, -0.2) is 0 Å². The van der Waals surface area contributed by atoms with Crippen molar-refractivity contribution >= 4 is 5.57 Å². The van der Waals surface area contributed by atoms with E-state index in [-0.39, 0.29) is 0 Å². The molecule has 0 N–H and O–H groups in total. The normalized spacial score (nSPS) is 18.7. The molecule has 0 aliphatic heterocycles. The van der Waals surface area contributed by atoms with Crippen LogP contribution in [0.2, 0.25) is 0 Å². The van der Waals surface area contributed by atoms with Crippen LogP contribution in [0.25, 0.3) is 5.57 Å². The van der Waals surface area contributed by atoms with Crippen LogP contribution in [0, 0.1) is 0 Å². The Morgan fingerprint density at radius 2 is 1.64 bits per heavy atom. The van der Waals surface area contributed by atoms with Crippen LogP contribution in [0.4, 0.5) is 0 Å². The summed E-state index contributed by atoms with van der Waals surface area (Å²) in [4.78, 5) is 0. The zero-order chi connectivity index (χ0) is 9.71. The first-order valence-electron chi connectivity index (χ1n) is 5.57. The third kappa shape index (κ3) is 1.00. The van der Waals surface area contributed by atoms with Gasteiger partial charge in [-0.2, -0.15) is 0 Å². The lowest BCUT2D eigenvalue weighted by Crippen LogP contribution is -1.89. The lowest BCUT2D eigenvalue weighted by Gasteiger charge is -2.05. The van der Waals surface area contributed by atoms with E-state index in [2.05, 4.69) is 26.0 Å². The lowest BCUT2D eigenvalue weighted by molar-refractivity contribution is 0.911. The SMILES string of the molecule is CC1=C(C)c2cc3c(cc2C1)CCC3. The fourth-order valence-electron chi connectivity index (χ4n) is 2.82. The number of fused-ring (bicyclic) bond motifs is 2. The lowest BCUT2D eigenvalue weighted by atomic mass is 9.99. The van der Waals surface area contributed by atoms with Gasteiger partial charge in [0.1, 0.15) is 0 Å². The minimum atomic E-state index is 1.19. The fraction of sp³-hybridized carbons (Fsp3) is 0.429. The van der Waals surface area contributed by atoms with Crippen molar-refractivity contribution in [2.24, 2.45) is 0 Å². The molecule has 0 radical (unpaired) electrons. The highest BCUT2D eigenvalue weighted by Gasteiger charge is 2.20. The largest absolute Gasteiger partial charge is 0.0654 e. The molecule has 0 bridgehead atoms. The average molecular weight is 184 g/mol. The minimum absolute atomic E-state index is 1.19. The van der Waals surface area contributed by atoms with Crippen LogP contribution >= 0.6 is 0 Å². The topological polar surface area (TPSA) is 0 Å². The van der Waals surface area contributed by atoms with Crippen LogP contribution in [0.1, 0.15) is 42.5 Å². The van der Waals surface area contributed by atoms with E-state index in [0.29, 0.717) is 0 Å². The Morgan fingerprint density at radius 1 is 0.929 bits per heavy atom. The molecule has 0 saturated carbocycles. The number of allylic oxidation sites excluding steroid dienone is 2. The van der Waals surface area contributed by atoms with Crippen molar-refractivity contribution < 1.29 is 0 Å². The summed E-state index contributed by atoms with van der Waals surface area (Å²) in [6.07, 6.45) is 5.16. The molecule has 0 spiro atoms. The Morgan fingerprint density at radius 3 is 2.43 bits per heavy atom. The highest BCUT2D eigenvalue weighted by Crippen LogP contribution is 2.36. The summed E-state index contributed by atoms with van der Waals surface area (Å²) in [7, 11) is 0. The maximum absolute atomic E-state index is 2.46. The number of benzene rings is 1. The summed E-state index contributed by atoms with van der Waals surface area (Å²) in [5.41, 5.74) is 9.41. The van der Waals surface area contributed by atoms with Crippen LogP contribution in [0.5, 0.6) is 0 Å². The van der Waals surface area contributed by atoms with Crippen molar-refractivity contribution in [3.8, 4) is 0 Å². The molecule has 1 aromatic rings. The first-order valence-corrected chi connectivity index (χ1v) is 5.57. The molecule has 14 heavy (non-hydrogen) atoms. The summed E-state index contributed by atoms with van der Waals surface area (Å²) in [5, 5.41) is 0. The number of aryl methyl sites for hydroxylation is 2. The molecule has 0 amide bonds. The second-order valence-corrected chi connectivity index (χ2v) is 4.71. The average Bonchev–Trinajstić information content (AvgIpc) is 2.70. The first kappa shape index (κ1) is 8.28. The molecule has 3 rings (SSSR count). The summed E-state index contributed by atoms with van der Waals surface area (Å²) in [5.74, 6) is 0. The maximum atomic E-state index is 2.46. The van der Waals surface area contributed by atoms with Gasteiger partial charge in [-0.05, 0) is 67.4 Å². The van der Waals surface area contributed by atoms with Gasteiger partial charge in [-0.1, -0.05) is 17.7 Å². The smallest absolute Gasteiger partial charge is 0.00578 e. The highest BCUT2D eigenvalue weighted by molar-refractivity contribution is 5.75. The zero-order valence-corrected chi connectivity index (χ0v) is 8.98. The van der Waals surface area contributed by atoms with Crippen molar-refractivity contribution in [1.82, 2.24) is 0 Å². The molecule has 0 saturated heterocycles. The highest BCUT2D eigenvalue weighted by atomic mass is 14.2. The first-order chi connectivity index (χ1) is 6.75. The van der Waals surface area contributed by atoms with Crippen molar-refractivity contribution in [3.05, 3.63) is 40.0 Å². The summed E-state index contributed by atoms with van der Waals surface area (Å²) >= 11 is 0. The Labute approximate surface area is 85.6 Å². The molecule has 0 fully saturated rings. The molecule has 0 nitrogen and oxygen atoms in total. The van der Waals surface area contributed by atoms with Gasteiger partial charge < -0.3 is 0 Å². The van der Waals surface area contributed by atoms with E-state index in [1.54, 1.807) is 22.3 Å². The quantitative estimate of drug-likeness (QED) is 0.578. The summed E-state index contributed by atoms with van der Waals surface area (Å²) in [6.45, 7) is 4.53. The van der Waals surface area contributed by atoms with E-state index in [0.717, 1.165) is 0 Å². The molecule has 1 aromatic carbocycles. The van der Waals surface area contributed by atoms with Gasteiger partial charge in [-0.15, -0.1) is 0 Å². The second-order valence-electron chi connectivity index (χ2n) is 4.71. The second kappa shape index (κ2) is 2.73. The van der Waals surface area contributed by atoms with Gasteiger partial charge in [0.25, 0.3) is 0 Å². The van der Waals surface area contributed by atoms with Gasteiger partial charge >= 0.3 is 0 Å². The third-order valence-corrected chi connectivity index (χ3v) is 3.82. The standard InChI is InChI=1S/C14H16/c1-9-6-13-7-11-4-3-5-12(11)8-14(13)10(9)2/h7-8H,3-6H2,1-2H3. The van der Waals surface area contributed by atoms with E-state index >= 15 is 0 Å². The van der Waals surface area contributed by atoms with Crippen molar-refractivity contribution in [2.75, 3.05) is 0 Å². The Kier molecular flexibility index (Phi) is 1.61. The predicted octanol–water partition coefficient (Wildman–Crippen LogP) is 3.52. The van der Waals surface area contributed by atoms with Crippen LogP contribution in [-0.2, 0) is 19.3 Å². The van der Waals surface area contributed by atoms with Crippen LogP contribution in [0.15, 0.2) is 17.7 Å². The van der Waals surface area contributed by atoms with E-state index in [1.165, 1.54) is 36.8 Å². The van der Waals surface area contributed by atoms with Crippen molar-refractivity contribution in [1.29, 1.82) is 0 Å². The molecule has 0 atom stereocenters. The molecule has 72 valence electrons. The monoisotopic (exact) mass is 184 g/mol. The molecular weight excluding hydrogens is 168 g/mol. The van der Waals surface area contributed by atoms with Crippen LogP contribution in [-0.4, -0.2) is 0 Å². The van der Waals surface area contributed by atoms with Gasteiger partial charge in [-0.3, -0.25) is 0 Å². The number of hydrogen-bond donors (Lipinski definition) is 0. The number of hydrogen-bond acceptors (Lipinski definition) is 0. The third-order valence-electron chi connectivity index (χ3n) is 3.82. The Balaban J connectivity index is 2.19. The van der Waals surface area contributed by atoms with Gasteiger partial charge in [0, 0.05) is 0 Å². The fourth-order valence-corrected chi connectivity index (χ4v) is 2.82. The predicted molar refractivity (Wildman–Crippen MR) is 60.4 cm³/mol. The van der Waals surface area contributed by atoms with Crippen molar-refractivity contribution in [2.45, 2.75) is 39.5 Å². The zero-order valence-electron chi connectivity index (χ0n) is 8.98. The molecule has 0 unspecified atom stereocenters. The van der Waals surface area contributed by atoms with Crippen LogP contribution in [0.3, 0.4) is 0 Å². The molecule has 0 heteroatoms. The van der Waals surface area contributed by atoms with E-state index in [4.69, 9.17) is 0 Å². The van der Waals surface area contributed by atoms with Gasteiger partial charge in [0.05, 0.1) is 0 Å². The summed E-state index contributed by atoms with van der Waals surface area (Å²) < 4.78 is 0. The molecule has 0 heterocycles. The van der Waals surface area contributed by atoms with Gasteiger partial charge in [0.2, 0.25) is 0 Å². The molecule has 2 aliphatic rings. The maximum Gasteiger partial charge on any atom is -0.00578 e. The van der Waals surface area contributed by atoms with Crippen molar-refractivity contribution in [3.63, 3.8) is 0 Å². The van der Waals surface area contributed by atoms with E-state index in [9.17, 15) is 0 Å². The summed E-state index contributed by atoms with van der Waals surface area (Å²) in [6, 6.07) is 4.90. The molecule has 0 aromatic heterocycles. The van der Waals surface area contributed by atoms with Crippen LogP contribution < -0.4 is 0 Å². The van der Waals surface area contributed by atoms with E-state index < -0.39 is 0 Å². The van der Waals surface area contributed by atoms with Gasteiger partial charge in [0.15, 0.2) is 0 Å². The Bertz CT molecular complexity index is 436. The molecular formula is C14H16. The number of rotatable bonds is 0.